The first-order valence-corrected chi connectivity index (χ1v) is 7.15. The zero-order valence-electron chi connectivity index (χ0n) is 11.8. The Kier molecular flexibility index (Phi) is 4.41. The number of nitrogens with two attached hydrogens (primary N) is 1. The molecule has 0 atom stereocenters. The zero-order chi connectivity index (χ0) is 13.0. The van der Waals surface area contributed by atoms with Crippen LogP contribution in [0.1, 0.15) is 43.4 Å². The van der Waals surface area contributed by atoms with Gasteiger partial charge in [0.05, 0.1) is 0 Å². The van der Waals surface area contributed by atoms with Gasteiger partial charge < -0.3 is 11.1 Å². The summed E-state index contributed by atoms with van der Waals surface area (Å²) in [7, 11) is 0. The molecular weight excluding hydrogens is 220 g/mol. The predicted octanol–water partition coefficient (Wildman–Crippen LogP) is 2.43. The Morgan fingerprint density at radius 1 is 1.17 bits per heavy atom. The number of rotatable bonds is 5. The summed E-state index contributed by atoms with van der Waals surface area (Å²) >= 11 is 0. The minimum atomic E-state index is -0.115. The van der Waals surface area contributed by atoms with Crippen LogP contribution in [0.25, 0.3) is 0 Å². The van der Waals surface area contributed by atoms with Crippen molar-refractivity contribution in [1.29, 1.82) is 0 Å². The Labute approximate surface area is 111 Å². The van der Waals surface area contributed by atoms with Crippen LogP contribution in [-0.4, -0.2) is 18.6 Å². The van der Waals surface area contributed by atoms with E-state index < -0.39 is 0 Å². The van der Waals surface area contributed by atoms with E-state index in [1.54, 1.807) is 11.1 Å². The molecule has 18 heavy (non-hydrogen) atoms. The first kappa shape index (κ1) is 13.6. The minimum absolute atomic E-state index is 0.115. The minimum Gasteiger partial charge on any atom is -0.324 e. The van der Waals surface area contributed by atoms with E-state index in [4.69, 9.17) is 5.73 Å². The van der Waals surface area contributed by atoms with Crippen LogP contribution in [0, 0.1) is 0 Å². The SMILES string of the molecule is CC(C)(N)CNCCc1ccc2c(c1)CCCC2. The van der Waals surface area contributed by atoms with Gasteiger partial charge in [-0.3, -0.25) is 0 Å². The Morgan fingerprint density at radius 2 is 1.89 bits per heavy atom. The van der Waals surface area contributed by atoms with Gasteiger partial charge in [-0.2, -0.15) is 0 Å². The number of benzene rings is 1. The molecule has 0 unspecified atom stereocenters. The average molecular weight is 246 g/mol. The second-order valence-corrected chi connectivity index (χ2v) is 6.23. The summed E-state index contributed by atoms with van der Waals surface area (Å²) in [6.07, 6.45) is 6.36. The lowest BCUT2D eigenvalue weighted by molar-refractivity contribution is 0.469. The van der Waals surface area contributed by atoms with E-state index in [9.17, 15) is 0 Å². The molecule has 1 aromatic rings. The smallest absolute Gasteiger partial charge is 0.0223 e. The van der Waals surface area contributed by atoms with Crippen LogP contribution in [0.2, 0.25) is 0 Å². The highest BCUT2D eigenvalue weighted by Gasteiger charge is 2.10. The molecule has 0 spiro atoms. The summed E-state index contributed by atoms with van der Waals surface area (Å²) in [5, 5.41) is 3.43. The van der Waals surface area contributed by atoms with Crippen molar-refractivity contribution >= 4 is 0 Å². The highest BCUT2D eigenvalue weighted by molar-refractivity contribution is 5.33. The van der Waals surface area contributed by atoms with Crippen LogP contribution in [0.5, 0.6) is 0 Å². The van der Waals surface area contributed by atoms with Gasteiger partial charge in [-0.25, -0.2) is 0 Å². The Hall–Kier alpha value is -0.860. The zero-order valence-corrected chi connectivity index (χ0v) is 11.8. The number of hydrogen-bond donors (Lipinski definition) is 2. The van der Waals surface area contributed by atoms with Crippen molar-refractivity contribution in [2.24, 2.45) is 5.73 Å². The van der Waals surface area contributed by atoms with E-state index in [1.807, 2.05) is 0 Å². The lowest BCUT2D eigenvalue weighted by Crippen LogP contribution is -2.43. The monoisotopic (exact) mass is 246 g/mol. The van der Waals surface area contributed by atoms with E-state index >= 15 is 0 Å². The summed E-state index contributed by atoms with van der Waals surface area (Å²) in [5.41, 5.74) is 10.4. The number of hydrogen-bond acceptors (Lipinski definition) is 2. The summed E-state index contributed by atoms with van der Waals surface area (Å²) in [6.45, 7) is 6.00. The fourth-order valence-corrected chi connectivity index (χ4v) is 2.59. The topological polar surface area (TPSA) is 38.0 Å². The highest BCUT2D eigenvalue weighted by Crippen LogP contribution is 2.22. The summed E-state index contributed by atoms with van der Waals surface area (Å²) < 4.78 is 0. The van der Waals surface area contributed by atoms with Gasteiger partial charge in [0.2, 0.25) is 0 Å². The van der Waals surface area contributed by atoms with Gasteiger partial charge in [-0.1, -0.05) is 18.2 Å². The Bertz CT molecular complexity index is 391. The second-order valence-electron chi connectivity index (χ2n) is 6.23. The maximum atomic E-state index is 5.94. The molecule has 0 aliphatic heterocycles. The van der Waals surface area contributed by atoms with E-state index in [2.05, 4.69) is 37.4 Å². The van der Waals surface area contributed by atoms with Crippen LogP contribution in [0.15, 0.2) is 18.2 Å². The lowest BCUT2D eigenvalue weighted by atomic mass is 9.90. The maximum absolute atomic E-state index is 5.94. The third kappa shape index (κ3) is 4.11. The largest absolute Gasteiger partial charge is 0.324 e. The van der Waals surface area contributed by atoms with Gasteiger partial charge in [0, 0.05) is 12.1 Å². The maximum Gasteiger partial charge on any atom is 0.0223 e. The Balaban J connectivity index is 1.83. The predicted molar refractivity (Wildman–Crippen MR) is 77.9 cm³/mol. The molecule has 100 valence electrons. The van der Waals surface area contributed by atoms with Crippen LogP contribution >= 0.6 is 0 Å². The summed E-state index contributed by atoms with van der Waals surface area (Å²) in [5.74, 6) is 0. The van der Waals surface area contributed by atoms with Crippen LogP contribution in [-0.2, 0) is 19.3 Å². The molecule has 0 amide bonds. The molecule has 1 aliphatic carbocycles. The normalized spacial score (nSPS) is 15.5. The van der Waals surface area contributed by atoms with Crippen LogP contribution in [0.3, 0.4) is 0 Å². The van der Waals surface area contributed by atoms with Crippen molar-refractivity contribution in [2.45, 2.75) is 51.5 Å². The third-order valence-corrected chi connectivity index (χ3v) is 3.58. The van der Waals surface area contributed by atoms with Gasteiger partial charge in [-0.05, 0) is 69.2 Å². The highest BCUT2D eigenvalue weighted by atomic mass is 14.9. The molecule has 0 heterocycles. The fourth-order valence-electron chi connectivity index (χ4n) is 2.59. The van der Waals surface area contributed by atoms with Crippen LogP contribution in [0.4, 0.5) is 0 Å². The molecule has 0 bridgehead atoms. The van der Waals surface area contributed by atoms with Gasteiger partial charge in [0.1, 0.15) is 0 Å². The quantitative estimate of drug-likeness (QED) is 0.783. The van der Waals surface area contributed by atoms with E-state index in [-0.39, 0.29) is 5.54 Å². The lowest BCUT2D eigenvalue weighted by Gasteiger charge is -2.19. The molecular formula is C16H26N2. The average Bonchev–Trinajstić information content (AvgIpc) is 2.33. The van der Waals surface area contributed by atoms with Gasteiger partial charge in [0.15, 0.2) is 0 Å². The molecule has 0 aromatic heterocycles. The molecule has 1 aliphatic rings. The van der Waals surface area contributed by atoms with Crippen molar-refractivity contribution in [3.05, 3.63) is 34.9 Å². The van der Waals surface area contributed by atoms with Gasteiger partial charge in [-0.15, -0.1) is 0 Å². The molecule has 0 saturated heterocycles. The standard InChI is InChI=1S/C16H26N2/c1-16(2,17)12-18-10-9-13-7-8-14-5-3-4-6-15(14)11-13/h7-8,11,18H,3-6,9-10,12,17H2,1-2H3. The van der Waals surface area contributed by atoms with Crippen molar-refractivity contribution in [3.8, 4) is 0 Å². The van der Waals surface area contributed by atoms with Crippen molar-refractivity contribution < 1.29 is 0 Å². The molecule has 0 fully saturated rings. The Morgan fingerprint density at radius 3 is 2.61 bits per heavy atom. The second kappa shape index (κ2) is 5.85. The molecule has 1 aromatic carbocycles. The first-order valence-electron chi connectivity index (χ1n) is 7.15. The molecule has 0 radical (unpaired) electrons. The van der Waals surface area contributed by atoms with Gasteiger partial charge in [0.25, 0.3) is 0 Å². The van der Waals surface area contributed by atoms with Crippen LogP contribution < -0.4 is 11.1 Å². The summed E-state index contributed by atoms with van der Waals surface area (Å²) in [4.78, 5) is 0. The fraction of sp³-hybridized carbons (Fsp3) is 0.625. The first-order chi connectivity index (χ1) is 8.54. The molecule has 2 nitrogen and oxygen atoms in total. The van der Waals surface area contributed by atoms with E-state index in [1.165, 1.54) is 31.2 Å². The molecule has 2 heteroatoms. The molecule has 2 rings (SSSR count). The number of aryl methyl sites for hydroxylation is 2. The van der Waals surface area contributed by atoms with Crippen molar-refractivity contribution in [2.75, 3.05) is 13.1 Å². The van der Waals surface area contributed by atoms with Crippen molar-refractivity contribution in [3.63, 3.8) is 0 Å². The van der Waals surface area contributed by atoms with E-state index in [0.717, 1.165) is 19.5 Å². The number of fused-ring (bicyclic) bond motifs is 1. The molecule has 3 N–H and O–H groups in total. The molecule has 0 saturated carbocycles. The van der Waals surface area contributed by atoms with E-state index in [0.29, 0.717) is 0 Å². The number of nitrogens with one attached hydrogen (secondary N) is 1. The van der Waals surface area contributed by atoms with Gasteiger partial charge >= 0.3 is 0 Å². The van der Waals surface area contributed by atoms with Crippen molar-refractivity contribution in [1.82, 2.24) is 5.32 Å². The summed E-state index contributed by atoms with van der Waals surface area (Å²) in [6, 6.07) is 7.03. The third-order valence-electron chi connectivity index (χ3n) is 3.58.